The lowest BCUT2D eigenvalue weighted by molar-refractivity contribution is 0.0251. The van der Waals surface area contributed by atoms with Crippen LogP contribution < -0.4 is 5.56 Å². The lowest BCUT2D eigenvalue weighted by Gasteiger charge is -2.45. The van der Waals surface area contributed by atoms with E-state index in [2.05, 4.69) is 15.0 Å². The zero-order valence-corrected chi connectivity index (χ0v) is 14.0. The molecule has 0 spiro atoms. The van der Waals surface area contributed by atoms with Crippen molar-refractivity contribution in [3.05, 3.63) is 47.0 Å². The number of hydrogen-bond donors (Lipinski definition) is 0. The third-order valence-corrected chi connectivity index (χ3v) is 5.35. The first-order chi connectivity index (χ1) is 11.8. The third kappa shape index (κ3) is 3.26. The van der Waals surface area contributed by atoms with E-state index in [0.29, 0.717) is 5.92 Å². The van der Waals surface area contributed by atoms with Gasteiger partial charge in [0.2, 0.25) is 0 Å². The van der Waals surface area contributed by atoms with Gasteiger partial charge in [-0.1, -0.05) is 19.3 Å². The fourth-order valence-electron chi connectivity index (χ4n) is 3.97. The molecular weight excluding hydrogens is 300 g/mol. The van der Waals surface area contributed by atoms with Gasteiger partial charge in [0.05, 0.1) is 12.2 Å². The molecule has 5 heteroatoms. The monoisotopic (exact) mass is 324 g/mol. The molecule has 0 N–H and O–H groups in total. The van der Waals surface area contributed by atoms with Crippen molar-refractivity contribution < 1.29 is 0 Å². The quantitative estimate of drug-likeness (QED) is 0.867. The smallest absolute Gasteiger partial charge is 0.266 e. The van der Waals surface area contributed by atoms with Gasteiger partial charge in [0.15, 0.2) is 0 Å². The minimum atomic E-state index is -0.0103. The molecule has 1 saturated carbocycles. The highest BCUT2D eigenvalue weighted by Crippen LogP contribution is 2.29. The summed E-state index contributed by atoms with van der Waals surface area (Å²) in [4.78, 5) is 18.8. The Morgan fingerprint density at radius 3 is 2.50 bits per heavy atom. The van der Waals surface area contributed by atoms with Crippen LogP contribution >= 0.6 is 0 Å². The van der Waals surface area contributed by atoms with Crippen LogP contribution in [0.3, 0.4) is 0 Å². The van der Waals surface area contributed by atoms with Crippen LogP contribution in [0.25, 0.3) is 11.3 Å². The second-order valence-electron chi connectivity index (χ2n) is 7.09. The maximum Gasteiger partial charge on any atom is 0.266 e. The van der Waals surface area contributed by atoms with Gasteiger partial charge in [0, 0.05) is 49.1 Å². The minimum absolute atomic E-state index is 0.0103. The Balaban J connectivity index is 1.41. The summed E-state index contributed by atoms with van der Waals surface area (Å²) < 4.78 is 1.64. The topological polar surface area (TPSA) is 51.0 Å². The van der Waals surface area contributed by atoms with E-state index in [1.807, 2.05) is 12.1 Å². The van der Waals surface area contributed by atoms with Gasteiger partial charge >= 0.3 is 0 Å². The Hall–Kier alpha value is -2.01. The Labute approximate surface area is 142 Å². The average Bonchev–Trinajstić information content (AvgIpc) is 2.60. The van der Waals surface area contributed by atoms with Gasteiger partial charge in [-0.05, 0) is 31.0 Å². The predicted molar refractivity (Wildman–Crippen MR) is 93.7 cm³/mol. The van der Waals surface area contributed by atoms with Gasteiger partial charge in [-0.3, -0.25) is 14.7 Å². The van der Waals surface area contributed by atoms with E-state index in [1.54, 1.807) is 29.2 Å². The minimum Gasteiger partial charge on any atom is -0.300 e. The van der Waals surface area contributed by atoms with E-state index in [-0.39, 0.29) is 5.56 Å². The first kappa shape index (κ1) is 15.5. The number of nitrogens with zero attached hydrogens (tertiary/aromatic N) is 4. The molecule has 1 aliphatic heterocycles. The maximum atomic E-state index is 12.1. The van der Waals surface area contributed by atoms with Gasteiger partial charge in [0.25, 0.3) is 5.56 Å². The lowest BCUT2D eigenvalue weighted by atomic mass is 9.89. The molecule has 0 unspecified atom stereocenters. The molecule has 1 saturated heterocycles. The summed E-state index contributed by atoms with van der Waals surface area (Å²) in [6, 6.07) is 8.04. The molecular formula is C19H24N4O. The predicted octanol–water partition coefficient (Wildman–Crippen LogP) is 2.57. The zero-order chi connectivity index (χ0) is 16.4. The summed E-state index contributed by atoms with van der Waals surface area (Å²) in [5, 5.41) is 4.56. The molecule has 0 radical (unpaired) electrons. The van der Waals surface area contributed by atoms with Crippen LogP contribution in [0.5, 0.6) is 0 Å². The van der Waals surface area contributed by atoms with Crippen molar-refractivity contribution >= 4 is 0 Å². The molecule has 0 amide bonds. The molecule has 4 rings (SSSR count). The van der Waals surface area contributed by atoms with Gasteiger partial charge in [0.1, 0.15) is 0 Å². The van der Waals surface area contributed by atoms with E-state index in [4.69, 9.17) is 0 Å². The van der Waals surface area contributed by atoms with Gasteiger partial charge in [-0.25, -0.2) is 4.68 Å². The summed E-state index contributed by atoms with van der Waals surface area (Å²) in [5.41, 5.74) is 1.82. The van der Waals surface area contributed by atoms with Gasteiger partial charge in [-0.2, -0.15) is 5.10 Å². The normalized spacial score (nSPS) is 20.0. The van der Waals surface area contributed by atoms with Crippen molar-refractivity contribution in [2.24, 2.45) is 5.92 Å². The largest absolute Gasteiger partial charge is 0.300 e. The van der Waals surface area contributed by atoms with Crippen molar-refractivity contribution in [3.63, 3.8) is 0 Å². The van der Waals surface area contributed by atoms with Crippen LogP contribution in [0.15, 0.2) is 41.5 Å². The molecule has 0 atom stereocenters. The van der Waals surface area contributed by atoms with Gasteiger partial charge < -0.3 is 0 Å². The molecule has 0 aromatic carbocycles. The third-order valence-electron chi connectivity index (χ3n) is 5.35. The summed E-state index contributed by atoms with van der Waals surface area (Å²) in [5.74, 6) is 0.546. The van der Waals surface area contributed by atoms with E-state index in [1.165, 1.54) is 32.1 Å². The van der Waals surface area contributed by atoms with Crippen LogP contribution in [0, 0.1) is 5.92 Å². The van der Waals surface area contributed by atoms with E-state index in [0.717, 1.165) is 36.9 Å². The highest BCUT2D eigenvalue weighted by Gasteiger charge is 2.33. The summed E-state index contributed by atoms with van der Waals surface area (Å²) in [6.45, 7) is 2.94. The highest BCUT2D eigenvalue weighted by molar-refractivity contribution is 5.56. The molecule has 2 fully saturated rings. The number of aromatic nitrogens is 3. The number of hydrogen-bond acceptors (Lipinski definition) is 4. The van der Waals surface area contributed by atoms with Crippen molar-refractivity contribution in [1.29, 1.82) is 0 Å². The Kier molecular flexibility index (Phi) is 4.43. The SMILES string of the molecule is O=c1ccc(-c2ccncc2)nn1CC1CN(C2CCCCC2)C1. The molecule has 0 bridgehead atoms. The Bertz CT molecular complexity index is 731. The van der Waals surface area contributed by atoms with E-state index in [9.17, 15) is 4.79 Å². The van der Waals surface area contributed by atoms with E-state index >= 15 is 0 Å². The summed E-state index contributed by atoms with van der Waals surface area (Å²) in [7, 11) is 0. The summed E-state index contributed by atoms with van der Waals surface area (Å²) in [6.07, 6.45) is 10.3. The molecule has 2 aliphatic rings. The average molecular weight is 324 g/mol. The zero-order valence-electron chi connectivity index (χ0n) is 14.0. The first-order valence-electron chi connectivity index (χ1n) is 9.02. The van der Waals surface area contributed by atoms with Gasteiger partial charge in [-0.15, -0.1) is 0 Å². The van der Waals surface area contributed by atoms with Crippen LogP contribution in [0.4, 0.5) is 0 Å². The lowest BCUT2D eigenvalue weighted by Crippen LogP contribution is -2.54. The molecule has 24 heavy (non-hydrogen) atoms. The van der Waals surface area contributed by atoms with Crippen molar-refractivity contribution in [2.75, 3.05) is 13.1 Å². The number of rotatable bonds is 4. The van der Waals surface area contributed by atoms with Crippen molar-refractivity contribution in [1.82, 2.24) is 19.7 Å². The van der Waals surface area contributed by atoms with Crippen molar-refractivity contribution in [2.45, 2.75) is 44.7 Å². The van der Waals surface area contributed by atoms with Crippen LogP contribution in [0.1, 0.15) is 32.1 Å². The highest BCUT2D eigenvalue weighted by atomic mass is 16.1. The second kappa shape index (κ2) is 6.85. The fourth-order valence-corrected chi connectivity index (χ4v) is 3.97. The standard InChI is InChI=1S/C19H24N4O/c24-19-7-6-18(16-8-10-20-11-9-16)21-23(19)14-15-12-22(13-15)17-4-2-1-3-5-17/h6-11,15,17H,1-5,12-14H2. The molecule has 3 heterocycles. The fraction of sp³-hybridized carbons (Fsp3) is 0.526. The molecule has 2 aromatic heterocycles. The number of pyridine rings is 1. The van der Waals surface area contributed by atoms with Crippen molar-refractivity contribution in [3.8, 4) is 11.3 Å². The molecule has 126 valence electrons. The molecule has 1 aliphatic carbocycles. The Morgan fingerprint density at radius 2 is 1.75 bits per heavy atom. The van der Waals surface area contributed by atoms with Crippen LogP contribution in [-0.2, 0) is 6.54 Å². The summed E-state index contributed by atoms with van der Waals surface area (Å²) >= 11 is 0. The maximum absolute atomic E-state index is 12.1. The molecule has 2 aromatic rings. The molecule has 5 nitrogen and oxygen atoms in total. The van der Waals surface area contributed by atoms with E-state index < -0.39 is 0 Å². The first-order valence-corrected chi connectivity index (χ1v) is 9.02. The van der Waals surface area contributed by atoms with Crippen LogP contribution in [0.2, 0.25) is 0 Å². The number of likely N-dealkylation sites (tertiary alicyclic amines) is 1. The second-order valence-corrected chi connectivity index (χ2v) is 7.09. The van der Waals surface area contributed by atoms with Crippen LogP contribution in [-0.4, -0.2) is 38.8 Å². The Morgan fingerprint density at radius 1 is 1.00 bits per heavy atom.